The molecule has 0 radical (unpaired) electrons. The third-order valence-corrected chi connectivity index (χ3v) is 4.74. The lowest BCUT2D eigenvalue weighted by Crippen LogP contribution is -2.46. The number of hydrogen-bond donors (Lipinski definition) is 1. The molecule has 1 aliphatic heterocycles. The van der Waals surface area contributed by atoms with Gasteiger partial charge in [-0.1, -0.05) is 27.2 Å². The number of carbonyl (C=O) groups is 1. The van der Waals surface area contributed by atoms with Gasteiger partial charge in [0.2, 0.25) is 5.91 Å². The van der Waals surface area contributed by atoms with Crippen LogP contribution in [0.2, 0.25) is 0 Å². The summed E-state index contributed by atoms with van der Waals surface area (Å²) in [5.74, 6) is 1.33. The second kappa shape index (κ2) is 6.80. The molecule has 0 aromatic carbocycles. The van der Waals surface area contributed by atoms with Gasteiger partial charge in [0.15, 0.2) is 0 Å². The maximum absolute atomic E-state index is 12.7. The summed E-state index contributed by atoms with van der Waals surface area (Å²) in [6.07, 6.45) is 6.39. The van der Waals surface area contributed by atoms with Gasteiger partial charge < -0.3 is 4.90 Å². The molecule has 4 heteroatoms. The van der Waals surface area contributed by atoms with Gasteiger partial charge in [0.1, 0.15) is 0 Å². The molecule has 1 aliphatic rings. The Hall–Kier alpha value is -0.220. The second-order valence-electron chi connectivity index (χ2n) is 5.36. The molecule has 18 heavy (non-hydrogen) atoms. The fourth-order valence-corrected chi connectivity index (χ4v) is 3.45. The first kappa shape index (κ1) is 15.8. The summed E-state index contributed by atoms with van der Waals surface area (Å²) in [6, 6.07) is 0.366. The molecule has 0 aromatic heterocycles. The van der Waals surface area contributed by atoms with Crippen molar-refractivity contribution in [1.29, 1.82) is 0 Å². The summed E-state index contributed by atoms with van der Waals surface area (Å²) >= 11 is 1.83. The third-order valence-electron chi connectivity index (χ3n) is 4.02. The Morgan fingerprint density at radius 3 is 2.56 bits per heavy atom. The fraction of sp³-hybridized carbons (Fsp3) is 0.929. The molecule has 0 aliphatic carbocycles. The van der Waals surface area contributed by atoms with Crippen molar-refractivity contribution in [3.05, 3.63) is 0 Å². The van der Waals surface area contributed by atoms with Crippen molar-refractivity contribution in [2.75, 3.05) is 12.0 Å². The number of nitrogens with zero attached hydrogens (tertiary/aromatic N) is 1. The van der Waals surface area contributed by atoms with Gasteiger partial charge in [0.05, 0.1) is 11.7 Å². The van der Waals surface area contributed by atoms with E-state index in [1.54, 1.807) is 0 Å². The minimum absolute atomic E-state index is 0.226. The fourth-order valence-electron chi connectivity index (χ4n) is 2.67. The molecule has 1 heterocycles. The van der Waals surface area contributed by atoms with Crippen LogP contribution in [-0.2, 0) is 4.79 Å². The largest absolute Gasteiger partial charge is 0.322 e. The topological polar surface area (TPSA) is 32.3 Å². The number of hydrogen-bond acceptors (Lipinski definition) is 3. The highest BCUT2D eigenvalue weighted by Crippen LogP contribution is 2.29. The van der Waals surface area contributed by atoms with Crippen LogP contribution >= 0.6 is 11.8 Å². The van der Waals surface area contributed by atoms with E-state index >= 15 is 0 Å². The SMILES string of the molecule is CCCC1NC(C)(CC)C(=O)N1C(CC)CSC. The van der Waals surface area contributed by atoms with Gasteiger partial charge in [-0.05, 0) is 32.4 Å². The van der Waals surface area contributed by atoms with Crippen LogP contribution in [-0.4, -0.2) is 40.6 Å². The van der Waals surface area contributed by atoms with E-state index in [1.807, 2.05) is 18.7 Å². The molecule has 1 N–H and O–H groups in total. The average molecular weight is 272 g/mol. The summed E-state index contributed by atoms with van der Waals surface area (Å²) in [7, 11) is 0. The number of amides is 1. The Morgan fingerprint density at radius 2 is 2.11 bits per heavy atom. The summed E-state index contributed by atoms with van der Waals surface area (Å²) < 4.78 is 0. The third kappa shape index (κ3) is 3.02. The predicted octanol–water partition coefficient (Wildman–Crippen LogP) is 2.85. The van der Waals surface area contributed by atoms with E-state index in [0.717, 1.165) is 31.4 Å². The van der Waals surface area contributed by atoms with Crippen molar-refractivity contribution >= 4 is 17.7 Å². The zero-order chi connectivity index (χ0) is 13.8. The Morgan fingerprint density at radius 1 is 1.44 bits per heavy atom. The summed E-state index contributed by atoms with van der Waals surface area (Å²) in [6.45, 7) is 8.50. The van der Waals surface area contributed by atoms with Crippen LogP contribution in [0.5, 0.6) is 0 Å². The molecular formula is C14H28N2OS. The molecular weight excluding hydrogens is 244 g/mol. The van der Waals surface area contributed by atoms with Crippen molar-refractivity contribution in [1.82, 2.24) is 10.2 Å². The summed E-state index contributed by atoms with van der Waals surface area (Å²) in [5.41, 5.74) is -0.355. The number of rotatable bonds is 7. The van der Waals surface area contributed by atoms with E-state index in [2.05, 4.69) is 37.2 Å². The Balaban J connectivity index is 2.92. The summed E-state index contributed by atoms with van der Waals surface area (Å²) in [5, 5.41) is 3.56. The maximum atomic E-state index is 12.7. The van der Waals surface area contributed by atoms with E-state index in [4.69, 9.17) is 0 Å². The van der Waals surface area contributed by atoms with Crippen molar-refractivity contribution in [3.63, 3.8) is 0 Å². The zero-order valence-electron chi connectivity index (χ0n) is 12.5. The molecule has 0 bridgehead atoms. The minimum atomic E-state index is -0.355. The smallest absolute Gasteiger partial charge is 0.244 e. The van der Waals surface area contributed by atoms with E-state index in [9.17, 15) is 4.79 Å². The van der Waals surface area contributed by atoms with Crippen LogP contribution in [0.1, 0.15) is 53.4 Å². The first-order chi connectivity index (χ1) is 8.53. The van der Waals surface area contributed by atoms with Crippen LogP contribution in [0.4, 0.5) is 0 Å². The highest BCUT2D eigenvalue weighted by atomic mass is 32.2. The molecule has 0 spiro atoms. The van der Waals surface area contributed by atoms with Gasteiger partial charge in [-0.25, -0.2) is 0 Å². The van der Waals surface area contributed by atoms with Crippen LogP contribution < -0.4 is 5.32 Å². The van der Waals surface area contributed by atoms with Crippen LogP contribution in [0.3, 0.4) is 0 Å². The zero-order valence-corrected chi connectivity index (χ0v) is 13.3. The number of nitrogens with one attached hydrogen (secondary N) is 1. The maximum Gasteiger partial charge on any atom is 0.244 e. The van der Waals surface area contributed by atoms with E-state index in [-0.39, 0.29) is 11.7 Å². The van der Waals surface area contributed by atoms with Gasteiger partial charge in [-0.3, -0.25) is 10.1 Å². The van der Waals surface area contributed by atoms with Crippen LogP contribution in [0, 0.1) is 0 Å². The lowest BCUT2D eigenvalue weighted by molar-refractivity contribution is -0.134. The van der Waals surface area contributed by atoms with Gasteiger partial charge in [-0.2, -0.15) is 11.8 Å². The lowest BCUT2D eigenvalue weighted by atomic mass is 9.99. The molecule has 3 unspecified atom stereocenters. The minimum Gasteiger partial charge on any atom is -0.322 e. The Labute approximate surface area is 116 Å². The molecule has 3 nitrogen and oxygen atoms in total. The van der Waals surface area contributed by atoms with Gasteiger partial charge in [0.25, 0.3) is 0 Å². The Bertz CT molecular complexity index is 285. The molecule has 1 rings (SSSR count). The van der Waals surface area contributed by atoms with Crippen molar-refractivity contribution < 1.29 is 4.79 Å². The standard InChI is InChI=1S/C14H28N2OS/c1-6-9-12-15-14(4,8-3)13(17)16(12)11(7-2)10-18-5/h11-12,15H,6-10H2,1-5H3. The van der Waals surface area contributed by atoms with Gasteiger partial charge in [0, 0.05) is 11.8 Å². The predicted molar refractivity (Wildman–Crippen MR) is 79.8 cm³/mol. The van der Waals surface area contributed by atoms with Crippen molar-refractivity contribution in [2.24, 2.45) is 0 Å². The molecule has 0 aromatic rings. The van der Waals surface area contributed by atoms with Gasteiger partial charge in [-0.15, -0.1) is 0 Å². The average Bonchev–Trinajstić information content (AvgIpc) is 2.61. The quantitative estimate of drug-likeness (QED) is 0.773. The summed E-state index contributed by atoms with van der Waals surface area (Å²) in [4.78, 5) is 14.8. The second-order valence-corrected chi connectivity index (χ2v) is 6.27. The van der Waals surface area contributed by atoms with Gasteiger partial charge >= 0.3 is 0 Å². The Kier molecular flexibility index (Phi) is 5.99. The highest BCUT2D eigenvalue weighted by Gasteiger charge is 2.48. The molecule has 0 saturated carbocycles. The van der Waals surface area contributed by atoms with E-state index < -0.39 is 0 Å². The first-order valence-corrected chi connectivity index (χ1v) is 8.52. The molecule has 3 atom stereocenters. The molecule has 1 saturated heterocycles. The van der Waals surface area contributed by atoms with Crippen LogP contribution in [0.25, 0.3) is 0 Å². The number of carbonyl (C=O) groups excluding carboxylic acids is 1. The highest BCUT2D eigenvalue weighted by molar-refractivity contribution is 7.98. The number of thioether (sulfide) groups is 1. The monoisotopic (exact) mass is 272 g/mol. The van der Waals surface area contributed by atoms with E-state index in [0.29, 0.717) is 11.9 Å². The van der Waals surface area contributed by atoms with Crippen molar-refractivity contribution in [3.8, 4) is 0 Å². The van der Waals surface area contributed by atoms with Crippen LogP contribution in [0.15, 0.2) is 0 Å². The van der Waals surface area contributed by atoms with E-state index in [1.165, 1.54) is 0 Å². The molecule has 1 fully saturated rings. The van der Waals surface area contributed by atoms with Crippen molar-refractivity contribution in [2.45, 2.75) is 71.1 Å². The normalized spacial score (nSPS) is 29.9. The molecule has 106 valence electrons. The molecule has 1 amide bonds. The lowest BCUT2D eigenvalue weighted by Gasteiger charge is -2.32. The first-order valence-electron chi connectivity index (χ1n) is 7.13.